The molecule has 0 saturated carbocycles. The summed E-state index contributed by atoms with van der Waals surface area (Å²) in [4.78, 5) is 20.4. The molecule has 0 amide bonds. The van der Waals surface area contributed by atoms with Crippen molar-refractivity contribution in [2.24, 2.45) is 0 Å². The van der Waals surface area contributed by atoms with E-state index in [0.29, 0.717) is 34.0 Å². The molecule has 0 atom stereocenters. The summed E-state index contributed by atoms with van der Waals surface area (Å²) in [6, 6.07) is 10.2. The molecule has 0 aliphatic carbocycles. The Bertz CT molecular complexity index is 1040. The van der Waals surface area contributed by atoms with Crippen molar-refractivity contribution >= 4 is 17.0 Å². The summed E-state index contributed by atoms with van der Waals surface area (Å²) in [6.45, 7) is 1.72. The largest absolute Gasteiger partial charge is 0.545 e. The van der Waals surface area contributed by atoms with Gasteiger partial charge < -0.3 is 14.3 Å². The van der Waals surface area contributed by atoms with Crippen LogP contribution in [0, 0.1) is 6.92 Å². The predicted molar refractivity (Wildman–Crippen MR) is 83.4 cm³/mol. The number of carboxylic acids is 1. The molecule has 4 heterocycles. The van der Waals surface area contributed by atoms with Crippen LogP contribution in [0.3, 0.4) is 0 Å². The molecule has 118 valence electrons. The number of hydrogen-bond acceptors (Lipinski definition) is 6. The second kappa shape index (κ2) is 5.31. The van der Waals surface area contributed by atoms with Crippen LogP contribution in [0.5, 0.6) is 0 Å². The van der Waals surface area contributed by atoms with Gasteiger partial charge in [0.25, 0.3) is 0 Å². The molecule has 0 spiro atoms. The summed E-state index contributed by atoms with van der Waals surface area (Å²) >= 11 is 0. The van der Waals surface area contributed by atoms with Crippen LogP contribution in [0.4, 0.5) is 0 Å². The number of aromatic carboxylic acids is 1. The third-order valence-electron chi connectivity index (χ3n) is 3.67. The van der Waals surface area contributed by atoms with Gasteiger partial charge in [0.1, 0.15) is 5.69 Å². The fourth-order valence-electron chi connectivity index (χ4n) is 2.64. The van der Waals surface area contributed by atoms with Gasteiger partial charge in [0.2, 0.25) is 0 Å². The van der Waals surface area contributed by atoms with Gasteiger partial charge in [-0.1, -0.05) is 6.07 Å². The number of hydrogen-bond donors (Lipinski definition) is 0. The number of aryl methyl sites for hydroxylation is 1. The Morgan fingerprint density at radius 1 is 1.25 bits per heavy atom. The first-order chi connectivity index (χ1) is 11.6. The van der Waals surface area contributed by atoms with Crippen LogP contribution in [0.25, 0.3) is 28.3 Å². The van der Waals surface area contributed by atoms with Crippen molar-refractivity contribution in [3.8, 4) is 17.3 Å². The molecule has 4 rings (SSSR count). The van der Waals surface area contributed by atoms with E-state index in [4.69, 9.17) is 4.42 Å². The van der Waals surface area contributed by atoms with Crippen LogP contribution in [-0.2, 0) is 0 Å². The molecule has 4 aromatic rings. The van der Waals surface area contributed by atoms with Crippen molar-refractivity contribution in [1.82, 2.24) is 19.7 Å². The van der Waals surface area contributed by atoms with E-state index in [1.54, 1.807) is 37.4 Å². The summed E-state index contributed by atoms with van der Waals surface area (Å²) in [6.07, 6.45) is 3.13. The minimum atomic E-state index is -1.29. The molecule has 7 nitrogen and oxygen atoms in total. The van der Waals surface area contributed by atoms with Gasteiger partial charge in [0, 0.05) is 11.8 Å². The van der Waals surface area contributed by atoms with E-state index in [1.165, 1.54) is 17.0 Å². The Hall–Kier alpha value is -3.48. The number of furan rings is 1. The number of nitrogens with zero attached hydrogens (tertiary/aromatic N) is 4. The fraction of sp³-hybridized carbons (Fsp3) is 0.0588. The summed E-state index contributed by atoms with van der Waals surface area (Å²) < 4.78 is 6.85. The molecule has 0 bridgehead atoms. The number of aromatic nitrogens is 4. The summed E-state index contributed by atoms with van der Waals surface area (Å²) in [5.74, 6) is -0.284. The number of fused-ring (bicyclic) bond motifs is 1. The van der Waals surface area contributed by atoms with Gasteiger partial charge in [-0.25, -0.2) is 9.97 Å². The van der Waals surface area contributed by atoms with E-state index >= 15 is 0 Å². The van der Waals surface area contributed by atoms with Crippen molar-refractivity contribution in [2.75, 3.05) is 0 Å². The minimum Gasteiger partial charge on any atom is -0.545 e. The van der Waals surface area contributed by atoms with Crippen LogP contribution in [0.1, 0.15) is 16.1 Å². The number of carbonyl (C=O) groups is 1. The highest BCUT2D eigenvalue weighted by atomic mass is 16.4. The Balaban J connectivity index is 2.08. The Morgan fingerprint density at radius 3 is 2.79 bits per heavy atom. The first-order valence-corrected chi connectivity index (χ1v) is 7.22. The molecular formula is C17H11N4O3-. The van der Waals surface area contributed by atoms with Gasteiger partial charge in [0.15, 0.2) is 17.2 Å². The Kier molecular flexibility index (Phi) is 3.13. The van der Waals surface area contributed by atoms with E-state index in [2.05, 4.69) is 15.1 Å². The molecule has 0 radical (unpaired) electrons. The third kappa shape index (κ3) is 2.14. The molecule has 0 fully saturated rings. The monoisotopic (exact) mass is 319 g/mol. The second-order valence-corrected chi connectivity index (χ2v) is 5.20. The molecule has 0 aliphatic heterocycles. The molecule has 0 unspecified atom stereocenters. The standard InChI is InChI=1S/C17H12N4O3/c1-10-15-11(17(22)23)9-12(13-5-4-8-24-13)19-16(15)21(20-10)14-6-2-3-7-18-14/h2-9H,1H3,(H,22,23)/p-1. The van der Waals surface area contributed by atoms with E-state index < -0.39 is 5.97 Å². The first-order valence-electron chi connectivity index (χ1n) is 7.22. The van der Waals surface area contributed by atoms with E-state index in [1.807, 2.05) is 6.07 Å². The van der Waals surface area contributed by atoms with Crippen LogP contribution >= 0.6 is 0 Å². The predicted octanol–water partition coefficient (Wildman–Crippen LogP) is 1.75. The van der Waals surface area contributed by atoms with Crippen molar-refractivity contribution in [3.05, 3.63) is 60.1 Å². The molecular weight excluding hydrogens is 308 g/mol. The van der Waals surface area contributed by atoms with Gasteiger partial charge in [-0.2, -0.15) is 9.78 Å². The number of pyridine rings is 2. The molecule has 7 heteroatoms. The van der Waals surface area contributed by atoms with Crippen molar-refractivity contribution in [3.63, 3.8) is 0 Å². The maximum Gasteiger partial charge on any atom is 0.166 e. The lowest BCUT2D eigenvalue weighted by atomic mass is 10.1. The molecule has 0 N–H and O–H groups in total. The van der Waals surface area contributed by atoms with E-state index in [9.17, 15) is 9.90 Å². The van der Waals surface area contributed by atoms with Crippen LogP contribution in [0.2, 0.25) is 0 Å². The molecule has 0 saturated heterocycles. The van der Waals surface area contributed by atoms with Gasteiger partial charge >= 0.3 is 0 Å². The number of carboxylic acid groups (broad SMARTS) is 1. The van der Waals surface area contributed by atoms with Crippen molar-refractivity contribution in [1.29, 1.82) is 0 Å². The van der Waals surface area contributed by atoms with E-state index in [-0.39, 0.29) is 5.56 Å². The van der Waals surface area contributed by atoms with Crippen LogP contribution in [0.15, 0.2) is 53.3 Å². The molecule has 0 aliphatic rings. The maximum absolute atomic E-state index is 11.6. The zero-order chi connectivity index (χ0) is 16.7. The molecule has 0 aromatic carbocycles. The Labute approximate surface area is 136 Å². The highest BCUT2D eigenvalue weighted by Gasteiger charge is 2.18. The summed E-state index contributed by atoms with van der Waals surface area (Å²) in [5.41, 5.74) is 1.34. The quantitative estimate of drug-likeness (QED) is 0.570. The van der Waals surface area contributed by atoms with Gasteiger partial charge in [-0.05, 0) is 37.3 Å². The normalized spacial score (nSPS) is 11.0. The average molecular weight is 319 g/mol. The summed E-state index contributed by atoms with van der Waals surface area (Å²) in [5, 5.41) is 16.4. The summed E-state index contributed by atoms with van der Waals surface area (Å²) in [7, 11) is 0. The highest BCUT2D eigenvalue weighted by Crippen LogP contribution is 2.28. The van der Waals surface area contributed by atoms with Crippen LogP contribution < -0.4 is 5.11 Å². The second-order valence-electron chi connectivity index (χ2n) is 5.20. The molecule has 24 heavy (non-hydrogen) atoms. The van der Waals surface area contributed by atoms with Gasteiger partial charge in [-0.3, -0.25) is 0 Å². The smallest absolute Gasteiger partial charge is 0.166 e. The van der Waals surface area contributed by atoms with Crippen molar-refractivity contribution in [2.45, 2.75) is 6.92 Å². The van der Waals surface area contributed by atoms with Crippen LogP contribution in [-0.4, -0.2) is 25.7 Å². The minimum absolute atomic E-state index is 0.0195. The highest BCUT2D eigenvalue weighted by molar-refractivity contribution is 6.03. The van der Waals surface area contributed by atoms with Gasteiger partial charge in [-0.15, -0.1) is 0 Å². The lowest BCUT2D eigenvalue weighted by molar-refractivity contribution is -0.254. The first kappa shape index (κ1) is 14.1. The zero-order valence-electron chi connectivity index (χ0n) is 12.6. The third-order valence-corrected chi connectivity index (χ3v) is 3.67. The lowest BCUT2D eigenvalue weighted by Gasteiger charge is -2.08. The average Bonchev–Trinajstić information content (AvgIpc) is 3.23. The van der Waals surface area contributed by atoms with Gasteiger partial charge in [0.05, 0.1) is 23.3 Å². The topological polar surface area (TPSA) is 96.9 Å². The maximum atomic E-state index is 11.6. The zero-order valence-corrected chi connectivity index (χ0v) is 12.6. The SMILES string of the molecule is Cc1nn(-c2ccccn2)c2nc(-c3ccco3)cc(C(=O)[O-])c12. The number of rotatable bonds is 3. The lowest BCUT2D eigenvalue weighted by Crippen LogP contribution is -2.23. The fourth-order valence-corrected chi connectivity index (χ4v) is 2.64. The number of carbonyl (C=O) groups excluding carboxylic acids is 1. The van der Waals surface area contributed by atoms with E-state index in [0.717, 1.165) is 0 Å². The van der Waals surface area contributed by atoms with Crippen molar-refractivity contribution < 1.29 is 14.3 Å². The molecule has 4 aromatic heterocycles. The Morgan fingerprint density at radius 2 is 2.12 bits per heavy atom.